The molecule has 1 saturated heterocycles. The highest BCUT2D eigenvalue weighted by Gasteiger charge is 2.17. The monoisotopic (exact) mass is 751 g/mol. The fourth-order valence-electron chi connectivity index (χ4n) is 4.51. The number of unbranched alkanes of at least 4 members (excludes halogenated alkanes) is 2. The van der Waals surface area contributed by atoms with Crippen LogP contribution >= 0.6 is 0 Å². The molecule has 0 radical (unpaired) electrons. The van der Waals surface area contributed by atoms with Crippen LogP contribution in [0.2, 0.25) is 0 Å². The van der Waals surface area contributed by atoms with Crippen molar-refractivity contribution >= 4 is 30.2 Å². The molecule has 0 bridgehead atoms. The number of carbonyl (C=O) groups excluding carboxylic acids is 3. The Kier molecular flexibility index (Phi) is 33.2. The summed E-state index contributed by atoms with van der Waals surface area (Å²) in [7, 11) is 3.24. The van der Waals surface area contributed by atoms with Gasteiger partial charge in [-0.2, -0.15) is 0 Å². The molecule has 1 fully saturated rings. The lowest BCUT2D eigenvalue weighted by molar-refractivity contribution is -0.127. The number of allylic oxidation sites excluding steroid dienone is 4. The van der Waals surface area contributed by atoms with E-state index in [0.717, 1.165) is 55.7 Å². The molecule has 2 amide bonds. The third-order valence-corrected chi connectivity index (χ3v) is 8.18. The molecule has 0 saturated carbocycles. The zero-order valence-corrected chi connectivity index (χ0v) is 36.0. The van der Waals surface area contributed by atoms with Crippen molar-refractivity contribution in [3.63, 3.8) is 0 Å². The predicted octanol–water partition coefficient (Wildman–Crippen LogP) is 10.1. The summed E-state index contributed by atoms with van der Waals surface area (Å²) in [5, 5.41) is 0. The van der Waals surface area contributed by atoms with E-state index in [1.165, 1.54) is 44.8 Å². The van der Waals surface area contributed by atoms with E-state index in [-0.39, 0.29) is 18.6 Å². The number of amides is 2. The van der Waals surface area contributed by atoms with Crippen LogP contribution in [0, 0.1) is 0 Å². The van der Waals surface area contributed by atoms with Crippen molar-refractivity contribution in [3.8, 4) is 0 Å². The average molecular weight is 751 g/mol. The molecule has 1 aromatic rings. The fraction of sp³-hybridized carbons (Fsp3) is 0.578. The number of piperidine rings is 1. The molecular formula is C45H74N4O5. The van der Waals surface area contributed by atoms with Crippen LogP contribution in [0.25, 0.3) is 0 Å². The van der Waals surface area contributed by atoms with E-state index in [0.29, 0.717) is 18.7 Å². The van der Waals surface area contributed by atoms with Gasteiger partial charge in [0.2, 0.25) is 12.3 Å². The lowest BCUT2D eigenvalue weighted by atomic mass is 10.0. The normalized spacial score (nSPS) is 13.1. The van der Waals surface area contributed by atoms with Crippen molar-refractivity contribution in [2.75, 3.05) is 51.8 Å². The molecule has 0 spiro atoms. The van der Waals surface area contributed by atoms with Crippen LogP contribution in [-0.2, 0) is 25.5 Å². The molecule has 1 atom stereocenters. The first-order valence-corrected chi connectivity index (χ1v) is 20.0. The van der Waals surface area contributed by atoms with Crippen molar-refractivity contribution < 1.29 is 23.9 Å². The molecule has 1 unspecified atom stereocenters. The Morgan fingerprint density at radius 1 is 1.02 bits per heavy atom. The van der Waals surface area contributed by atoms with Gasteiger partial charge in [-0.3, -0.25) is 14.6 Å². The highest BCUT2D eigenvalue weighted by molar-refractivity contribution is 5.91. The van der Waals surface area contributed by atoms with Crippen molar-refractivity contribution in [1.82, 2.24) is 9.80 Å². The van der Waals surface area contributed by atoms with Gasteiger partial charge in [-0.1, -0.05) is 71.6 Å². The first-order chi connectivity index (χ1) is 26.0. The number of rotatable bonds is 15. The summed E-state index contributed by atoms with van der Waals surface area (Å²) in [6, 6.07) is 5.54. The molecule has 9 heteroatoms. The Morgan fingerprint density at radius 3 is 2.19 bits per heavy atom. The fourth-order valence-corrected chi connectivity index (χ4v) is 4.51. The molecule has 0 aliphatic carbocycles. The number of likely N-dealkylation sites (tertiary alicyclic amines) is 1. The van der Waals surface area contributed by atoms with Gasteiger partial charge in [0.15, 0.2) is 0 Å². The minimum atomic E-state index is -0.391. The minimum Gasteiger partial charge on any atom is -0.465 e. The summed E-state index contributed by atoms with van der Waals surface area (Å²) < 4.78 is 10.7. The van der Waals surface area contributed by atoms with Gasteiger partial charge in [0.25, 0.3) is 0 Å². The van der Waals surface area contributed by atoms with Crippen molar-refractivity contribution in [2.45, 2.75) is 127 Å². The maximum atomic E-state index is 13.1. The van der Waals surface area contributed by atoms with Crippen LogP contribution in [0.4, 0.5) is 5.69 Å². The van der Waals surface area contributed by atoms with E-state index in [9.17, 15) is 14.4 Å². The van der Waals surface area contributed by atoms with E-state index >= 15 is 0 Å². The predicted molar refractivity (Wildman–Crippen MR) is 229 cm³/mol. The van der Waals surface area contributed by atoms with Crippen molar-refractivity contribution in [3.05, 3.63) is 82.9 Å². The first kappa shape index (κ1) is 51.9. The van der Waals surface area contributed by atoms with Crippen molar-refractivity contribution in [2.24, 2.45) is 4.99 Å². The van der Waals surface area contributed by atoms with E-state index in [2.05, 4.69) is 51.4 Å². The van der Waals surface area contributed by atoms with Gasteiger partial charge < -0.3 is 24.2 Å². The smallest absolute Gasteiger partial charge is 0.337 e. The second-order valence-corrected chi connectivity index (χ2v) is 12.8. The number of esters is 1. The summed E-state index contributed by atoms with van der Waals surface area (Å²) in [6.07, 6.45) is 22.8. The standard InChI is InChI=1S/C28H37N3O4.C6H11NO.C5H10.C4H10.C2H6/c1-6-8-12-23-14-15-24(28(33)34-5)19-26(23)30(4)20-27(32)31(7-2)18-16-22(3)35-21-25-13-10-9-11-17-29-25;8-6-7-4-2-1-3-5-7;1-4-5(2)3;1-3-4-2;1-2/h10-11,13-19,22H,6-8,12,20-21H2,1-5H3;6H,1-5H2;4H,1-3H3;3-4H2,1-2H3;1-2H3/b18-16+;;;;. The Morgan fingerprint density at radius 2 is 1.67 bits per heavy atom. The summed E-state index contributed by atoms with van der Waals surface area (Å²) in [4.78, 5) is 44.9. The van der Waals surface area contributed by atoms with E-state index in [1.54, 1.807) is 35.5 Å². The third-order valence-electron chi connectivity index (χ3n) is 8.18. The number of aryl methyl sites for hydroxylation is 1. The SMILES string of the molecule is CC.CC=C(C)C.CCCC.CCCCc1ccc(C(=O)OC)cc1N(C)CC(=O)N(/C=C/C(C)OCC1=CC=C=CC=N1)CC.O=CN1CCCCC1. The van der Waals surface area contributed by atoms with Crippen LogP contribution < -0.4 is 4.90 Å². The third kappa shape index (κ3) is 24.9. The number of benzene rings is 1. The van der Waals surface area contributed by atoms with Gasteiger partial charge in [0, 0.05) is 44.8 Å². The number of likely N-dealkylation sites (N-methyl/N-ethyl adjacent to an activating group) is 2. The largest absolute Gasteiger partial charge is 0.465 e. The van der Waals surface area contributed by atoms with Gasteiger partial charge in [-0.15, -0.1) is 5.73 Å². The number of anilines is 1. The second kappa shape index (κ2) is 34.6. The first-order valence-electron chi connectivity index (χ1n) is 20.0. The topological polar surface area (TPSA) is 91.7 Å². The highest BCUT2D eigenvalue weighted by atomic mass is 16.5. The summed E-state index contributed by atoms with van der Waals surface area (Å²) >= 11 is 0. The number of nitrogens with zero attached hydrogens (tertiary/aromatic N) is 4. The van der Waals surface area contributed by atoms with E-state index in [4.69, 9.17) is 9.47 Å². The number of carbonyl (C=O) groups is 3. The summed E-state index contributed by atoms with van der Waals surface area (Å²) in [5.74, 6) is -0.437. The van der Waals surface area contributed by atoms with Crippen LogP contribution in [0.5, 0.6) is 0 Å². The summed E-state index contributed by atoms with van der Waals surface area (Å²) in [6.45, 7) is 23.6. The molecule has 3 rings (SSSR count). The number of ether oxygens (including phenoxy) is 2. The number of methoxy groups -OCH3 is 1. The van der Waals surface area contributed by atoms with Crippen molar-refractivity contribution in [1.29, 1.82) is 0 Å². The Bertz CT molecular complexity index is 1350. The lowest BCUT2D eigenvalue weighted by Gasteiger charge is -2.26. The van der Waals surface area contributed by atoms with Gasteiger partial charge in [-0.05, 0) is 109 Å². The molecule has 9 nitrogen and oxygen atoms in total. The second-order valence-electron chi connectivity index (χ2n) is 12.8. The zero-order chi connectivity index (χ0) is 41.1. The molecule has 2 aliphatic rings. The van der Waals surface area contributed by atoms with Crippen LogP contribution in [0.15, 0.2) is 76.8 Å². The van der Waals surface area contributed by atoms with Crippen LogP contribution in [0.3, 0.4) is 0 Å². The highest BCUT2D eigenvalue weighted by Crippen LogP contribution is 2.24. The Hall–Kier alpha value is -4.20. The minimum absolute atomic E-state index is 0.0457. The number of hydrogen-bond donors (Lipinski definition) is 0. The molecule has 2 heterocycles. The number of aliphatic imine (C=N–C) groups is 1. The molecule has 0 N–H and O–H groups in total. The maximum absolute atomic E-state index is 13.1. The van der Waals surface area contributed by atoms with E-state index < -0.39 is 5.97 Å². The van der Waals surface area contributed by atoms with Gasteiger partial charge in [0.1, 0.15) is 0 Å². The average Bonchev–Trinajstić information content (AvgIpc) is 3.49. The molecule has 304 valence electrons. The zero-order valence-electron chi connectivity index (χ0n) is 36.0. The Balaban J connectivity index is 0. The van der Waals surface area contributed by atoms with E-state index in [1.807, 2.05) is 75.8 Å². The molecule has 1 aromatic carbocycles. The molecular weight excluding hydrogens is 677 g/mol. The van der Waals surface area contributed by atoms with Gasteiger partial charge in [0.05, 0.1) is 37.6 Å². The van der Waals surface area contributed by atoms with Crippen LogP contribution in [0.1, 0.15) is 130 Å². The molecule has 54 heavy (non-hydrogen) atoms. The Labute approximate surface area is 329 Å². The molecule has 0 aromatic heterocycles. The van der Waals surface area contributed by atoms with Crippen LogP contribution in [-0.4, -0.2) is 87.3 Å². The number of hydrogen-bond acceptors (Lipinski definition) is 7. The quantitative estimate of drug-likeness (QED) is 0.0767. The summed E-state index contributed by atoms with van der Waals surface area (Å²) in [5.41, 5.74) is 7.60. The lowest BCUT2D eigenvalue weighted by Crippen LogP contribution is -2.36. The van der Waals surface area contributed by atoms with Gasteiger partial charge >= 0.3 is 5.97 Å². The van der Waals surface area contributed by atoms with Gasteiger partial charge in [-0.25, -0.2) is 4.79 Å². The maximum Gasteiger partial charge on any atom is 0.337 e. The molecule has 2 aliphatic heterocycles.